The van der Waals surface area contributed by atoms with Crippen molar-refractivity contribution in [2.75, 3.05) is 36.0 Å². The summed E-state index contributed by atoms with van der Waals surface area (Å²) in [4.78, 5) is 23.1. The van der Waals surface area contributed by atoms with E-state index in [4.69, 9.17) is 9.97 Å². The van der Waals surface area contributed by atoms with E-state index in [0.717, 1.165) is 59.4 Å². The van der Waals surface area contributed by atoms with E-state index in [2.05, 4.69) is 44.9 Å². The maximum absolute atomic E-state index is 4.89. The Labute approximate surface area is 161 Å². The van der Waals surface area contributed by atoms with Crippen LogP contribution in [0, 0.1) is 13.8 Å². The van der Waals surface area contributed by atoms with Gasteiger partial charge in [0.1, 0.15) is 11.6 Å². The molecule has 0 amide bonds. The molecule has 0 radical (unpaired) electrons. The number of nitrogens with zero attached hydrogens (tertiary/aromatic N) is 6. The molecule has 7 heteroatoms. The number of aryl methyl sites for hydroxylation is 2. The number of thiazole rings is 1. The first-order valence-corrected chi connectivity index (χ1v) is 9.95. The third kappa shape index (κ3) is 2.88. The summed E-state index contributed by atoms with van der Waals surface area (Å²) in [7, 11) is 0. The van der Waals surface area contributed by atoms with Crippen LogP contribution in [0.25, 0.3) is 21.1 Å². The van der Waals surface area contributed by atoms with Crippen molar-refractivity contribution in [3.63, 3.8) is 0 Å². The van der Waals surface area contributed by atoms with Gasteiger partial charge >= 0.3 is 0 Å². The SMILES string of the molecule is Cc1nc(N2CCN(c3nc4c(C)cccc4s3)CC2)c2ccncc2n1. The van der Waals surface area contributed by atoms with Crippen LogP contribution in [0.3, 0.4) is 0 Å². The van der Waals surface area contributed by atoms with E-state index < -0.39 is 0 Å². The fourth-order valence-corrected chi connectivity index (χ4v) is 4.73. The van der Waals surface area contributed by atoms with Gasteiger partial charge in [-0.1, -0.05) is 23.5 Å². The van der Waals surface area contributed by atoms with Gasteiger partial charge in [-0.2, -0.15) is 0 Å². The van der Waals surface area contributed by atoms with Crippen LogP contribution in [0.15, 0.2) is 36.7 Å². The highest BCUT2D eigenvalue weighted by Crippen LogP contribution is 2.32. The Balaban J connectivity index is 1.41. The predicted molar refractivity (Wildman–Crippen MR) is 111 cm³/mol. The minimum Gasteiger partial charge on any atom is -0.352 e. The average molecular weight is 376 g/mol. The van der Waals surface area contributed by atoms with Crippen molar-refractivity contribution in [3.8, 4) is 0 Å². The first kappa shape index (κ1) is 16.4. The van der Waals surface area contributed by atoms with E-state index >= 15 is 0 Å². The largest absolute Gasteiger partial charge is 0.352 e. The molecule has 4 aromatic rings. The lowest BCUT2D eigenvalue weighted by atomic mass is 10.2. The van der Waals surface area contributed by atoms with Crippen LogP contribution in [-0.2, 0) is 0 Å². The standard InChI is InChI=1S/C20H20N6S/c1-13-4-3-5-17-18(13)24-20(27-17)26-10-8-25(9-11-26)19-15-6-7-21-12-16(15)22-14(2)23-19/h3-7,12H,8-11H2,1-2H3. The van der Waals surface area contributed by atoms with Crippen molar-refractivity contribution in [2.45, 2.75) is 13.8 Å². The van der Waals surface area contributed by atoms with Gasteiger partial charge in [-0.25, -0.2) is 15.0 Å². The lowest BCUT2D eigenvalue weighted by molar-refractivity contribution is 0.647. The first-order chi connectivity index (χ1) is 13.2. The highest BCUT2D eigenvalue weighted by molar-refractivity contribution is 7.22. The second-order valence-corrected chi connectivity index (χ2v) is 7.89. The normalized spacial score (nSPS) is 15.0. The third-order valence-corrected chi connectivity index (χ3v) is 6.13. The molecule has 0 spiro atoms. The molecule has 27 heavy (non-hydrogen) atoms. The first-order valence-electron chi connectivity index (χ1n) is 9.13. The topological polar surface area (TPSA) is 58.0 Å². The van der Waals surface area contributed by atoms with Crippen LogP contribution >= 0.6 is 11.3 Å². The number of fused-ring (bicyclic) bond motifs is 2. The number of anilines is 2. The number of rotatable bonds is 2. The molecular weight excluding hydrogens is 356 g/mol. The third-order valence-electron chi connectivity index (χ3n) is 5.05. The molecule has 1 fully saturated rings. The van der Waals surface area contributed by atoms with Gasteiger partial charge in [0.15, 0.2) is 5.13 Å². The molecule has 0 unspecified atom stereocenters. The molecule has 6 nitrogen and oxygen atoms in total. The Morgan fingerprint density at radius 3 is 2.56 bits per heavy atom. The maximum atomic E-state index is 4.89. The van der Waals surface area contributed by atoms with Crippen molar-refractivity contribution in [2.24, 2.45) is 0 Å². The second-order valence-electron chi connectivity index (χ2n) is 6.88. The molecule has 0 N–H and O–H groups in total. The van der Waals surface area contributed by atoms with Crippen LogP contribution in [0.2, 0.25) is 0 Å². The zero-order valence-electron chi connectivity index (χ0n) is 15.4. The van der Waals surface area contributed by atoms with E-state index in [9.17, 15) is 0 Å². The van der Waals surface area contributed by atoms with Gasteiger partial charge in [-0.05, 0) is 31.5 Å². The van der Waals surface area contributed by atoms with Gasteiger partial charge in [-0.15, -0.1) is 0 Å². The van der Waals surface area contributed by atoms with Gasteiger partial charge in [0.2, 0.25) is 0 Å². The zero-order valence-corrected chi connectivity index (χ0v) is 16.2. The van der Waals surface area contributed by atoms with E-state index in [-0.39, 0.29) is 0 Å². The van der Waals surface area contributed by atoms with E-state index in [1.165, 1.54) is 10.3 Å². The van der Waals surface area contributed by atoms with Gasteiger partial charge in [-0.3, -0.25) is 4.98 Å². The number of aromatic nitrogens is 4. The Kier molecular flexibility index (Phi) is 3.89. The Bertz CT molecular complexity index is 1130. The highest BCUT2D eigenvalue weighted by Gasteiger charge is 2.22. The average Bonchev–Trinajstić information content (AvgIpc) is 3.13. The van der Waals surface area contributed by atoms with Gasteiger partial charge in [0.05, 0.1) is 21.9 Å². The summed E-state index contributed by atoms with van der Waals surface area (Å²) in [5.74, 6) is 1.80. The predicted octanol–water partition coefficient (Wildman–Crippen LogP) is 3.58. The number of hydrogen-bond acceptors (Lipinski definition) is 7. The molecule has 1 aliphatic heterocycles. The minimum atomic E-state index is 0.787. The molecule has 1 aliphatic rings. The molecular formula is C20H20N6S. The van der Waals surface area contributed by atoms with Gasteiger partial charge in [0, 0.05) is 37.8 Å². The van der Waals surface area contributed by atoms with Gasteiger partial charge < -0.3 is 9.80 Å². The smallest absolute Gasteiger partial charge is 0.186 e. The summed E-state index contributed by atoms with van der Waals surface area (Å²) in [5.41, 5.74) is 3.28. The van der Waals surface area contributed by atoms with E-state index in [0.29, 0.717) is 0 Å². The van der Waals surface area contributed by atoms with E-state index in [1.54, 1.807) is 11.3 Å². The molecule has 0 saturated carbocycles. The van der Waals surface area contributed by atoms with Gasteiger partial charge in [0.25, 0.3) is 0 Å². The molecule has 1 aromatic carbocycles. The summed E-state index contributed by atoms with van der Waals surface area (Å²) in [6.45, 7) is 7.78. The molecule has 0 bridgehead atoms. The zero-order chi connectivity index (χ0) is 18.4. The number of benzene rings is 1. The van der Waals surface area contributed by atoms with Crippen LogP contribution in [0.4, 0.5) is 10.9 Å². The maximum Gasteiger partial charge on any atom is 0.186 e. The molecule has 1 saturated heterocycles. The molecule has 0 aliphatic carbocycles. The summed E-state index contributed by atoms with van der Waals surface area (Å²) in [6.07, 6.45) is 3.62. The number of hydrogen-bond donors (Lipinski definition) is 0. The molecule has 4 heterocycles. The Hall–Kier alpha value is -2.80. The number of pyridine rings is 1. The number of para-hydroxylation sites is 1. The fourth-order valence-electron chi connectivity index (χ4n) is 3.64. The lowest BCUT2D eigenvalue weighted by Crippen LogP contribution is -2.47. The van der Waals surface area contributed by atoms with Crippen LogP contribution < -0.4 is 9.80 Å². The van der Waals surface area contributed by atoms with Crippen molar-refractivity contribution in [1.29, 1.82) is 0 Å². The summed E-state index contributed by atoms with van der Waals surface area (Å²) in [5, 5.41) is 2.19. The molecule has 136 valence electrons. The van der Waals surface area contributed by atoms with Crippen LogP contribution in [0.5, 0.6) is 0 Å². The van der Waals surface area contributed by atoms with Crippen LogP contribution in [-0.4, -0.2) is 46.1 Å². The monoisotopic (exact) mass is 376 g/mol. The summed E-state index contributed by atoms with van der Waals surface area (Å²) < 4.78 is 1.26. The Morgan fingerprint density at radius 1 is 0.926 bits per heavy atom. The molecule has 3 aromatic heterocycles. The second kappa shape index (κ2) is 6.42. The van der Waals surface area contributed by atoms with Crippen molar-refractivity contribution in [3.05, 3.63) is 48.0 Å². The summed E-state index contributed by atoms with van der Waals surface area (Å²) >= 11 is 1.78. The fraction of sp³-hybridized carbons (Fsp3) is 0.300. The van der Waals surface area contributed by atoms with Crippen molar-refractivity contribution >= 4 is 43.4 Å². The Morgan fingerprint density at radius 2 is 1.74 bits per heavy atom. The quantitative estimate of drug-likeness (QED) is 0.533. The minimum absolute atomic E-state index is 0.787. The molecule has 5 rings (SSSR count). The van der Waals surface area contributed by atoms with Crippen LogP contribution in [0.1, 0.15) is 11.4 Å². The molecule has 0 atom stereocenters. The number of piperazine rings is 1. The van der Waals surface area contributed by atoms with Crippen molar-refractivity contribution < 1.29 is 0 Å². The van der Waals surface area contributed by atoms with E-state index in [1.807, 2.05) is 25.4 Å². The lowest BCUT2D eigenvalue weighted by Gasteiger charge is -2.35. The highest BCUT2D eigenvalue weighted by atomic mass is 32.1. The van der Waals surface area contributed by atoms with Crippen molar-refractivity contribution in [1.82, 2.24) is 19.9 Å². The summed E-state index contributed by atoms with van der Waals surface area (Å²) in [6, 6.07) is 8.40.